The van der Waals surface area contributed by atoms with Crippen LogP contribution in [0.4, 0.5) is 0 Å². The van der Waals surface area contributed by atoms with Crippen LogP contribution in [0.1, 0.15) is 44.2 Å². The van der Waals surface area contributed by atoms with E-state index in [2.05, 4.69) is 10.5 Å². The van der Waals surface area contributed by atoms with E-state index in [9.17, 15) is 4.79 Å². The van der Waals surface area contributed by atoms with Crippen LogP contribution in [0.2, 0.25) is 0 Å². The van der Waals surface area contributed by atoms with Crippen LogP contribution in [0.5, 0.6) is 5.75 Å². The van der Waals surface area contributed by atoms with Gasteiger partial charge in [-0.05, 0) is 25.8 Å². The quantitative estimate of drug-likeness (QED) is 0.933. The largest absolute Gasteiger partial charge is 0.490 e. The molecule has 0 aromatic heterocycles. The molecule has 1 unspecified atom stereocenters. The van der Waals surface area contributed by atoms with Gasteiger partial charge in [0.15, 0.2) is 0 Å². The lowest BCUT2D eigenvalue weighted by Gasteiger charge is -2.31. The Kier molecular flexibility index (Phi) is 3.28. The molecule has 1 saturated carbocycles. The van der Waals surface area contributed by atoms with E-state index in [1.165, 1.54) is 12.8 Å². The summed E-state index contributed by atoms with van der Waals surface area (Å²) in [4.78, 5) is 17.8. The molecule has 116 valence electrons. The van der Waals surface area contributed by atoms with Crippen LogP contribution < -0.4 is 10.1 Å². The lowest BCUT2D eigenvalue weighted by atomic mass is 9.96. The second kappa shape index (κ2) is 5.30. The monoisotopic (exact) mass is 300 g/mol. The van der Waals surface area contributed by atoms with Crippen molar-refractivity contribution in [3.05, 3.63) is 29.8 Å². The maximum Gasteiger partial charge on any atom is 0.264 e. The smallest absolute Gasteiger partial charge is 0.264 e. The van der Waals surface area contributed by atoms with E-state index in [0.717, 1.165) is 23.4 Å². The summed E-state index contributed by atoms with van der Waals surface area (Å²) in [6.07, 6.45) is 3.38. The first-order valence-corrected chi connectivity index (χ1v) is 7.99. The summed E-state index contributed by atoms with van der Waals surface area (Å²) >= 11 is 0. The SMILES string of the molecule is C[C@@H]1C[C@@H](NC(=O)C2CC(C3CC3)=NO2)c2ccccc2O1. The minimum atomic E-state index is -0.471. The van der Waals surface area contributed by atoms with Gasteiger partial charge in [0.05, 0.1) is 17.9 Å². The molecule has 4 rings (SSSR count). The first-order chi connectivity index (χ1) is 10.7. The van der Waals surface area contributed by atoms with E-state index in [-0.39, 0.29) is 18.1 Å². The zero-order valence-corrected chi connectivity index (χ0v) is 12.6. The van der Waals surface area contributed by atoms with Crippen LogP contribution in [-0.4, -0.2) is 23.8 Å². The number of carbonyl (C=O) groups is 1. The van der Waals surface area contributed by atoms with Crippen molar-refractivity contribution in [2.75, 3.05) is 0 Å². The van der Waals surface area contributed by atoms with Crippen molar-refractivity contribution in [1.82, 2.24) is 5.32 Å². The third-order valence-corrected chi connectivity index (χ3v) is 4.54. The molecule has 22 heavy (non-hydrogen) atoms. The summed E-state index contributed by atoms with van der Waals surface area (Å²) < 4.78 is 5.82. The molecule has 0 saturated heterocycles. The van der Waals surface area contributed by atoms with Crippen molar-refractivity contribution in [3.8, 4) is 5.75 Å². The average Bonchev–Trinajstić information content (AvgIpc) is 3.24. The normalized spacial score (nSPS) is 29.9. The predicted molar refractivity (Wildman–Crippen MR) is 81.7 cm³/mol. The van der Waals surface area contributed by atoms with Crippen LogP contribution in [0.15, 0.2) is 29.4 Å². The number of nitrogens with one attached hydrogen (secondary N) is 1. The molecule has 3 atom stereocenters. The zero-order chi connectivity index (χ0) is 15.1. The van der Waals surface area contributed by atoms with E-state index < -0.39 is 6.10 Å². The van der Waals surface area contributed by atoms with Crippen LogP contribution in [-0.2, 0) is 9.63 Å². The average molecular weight is 300 g/mol. The molecule has 0 spiro atoms. The molecule has 1 N–H and O–H groups in total. The minimum Gasteiger partial charge on any atom is -0.490 e. The van der Waals surface area contributed by atoms with Crippen molar-refractivity contribution < 1.29 is 14.4 Å². The number of hydrogen-bond acceptors (Lipinski definition) is 4. The molecule has 1 aromatic rings. The summed E-state index contributed by atoms with van der Waals surface area (Å²) in [6, 6.07) is 7.85. The third-order valence-electron chi connectivity index (χ3n) is 4.54. The van der Waals surface area contributed by atoms with E-state index in [4.69, 9.17) is 9.57 Å². The highest BCUT2D eigenvalue weighted by Crippen LogP contribution is 2.36. The number of hydrogen-bond donors (Lipinski definition) is 1. The lowest BCUT2D eigenvalue weighted by Crippen LogP contribution is -2.40. The summed E-state index contributed by atoms with van der Waals surface area (Å²) in [5.41, 5.74) is 2.09. The number of benzene rings is 1. The number of nitrogens with zero attached hydrogens (tertiary/aromatic N) is 1. The Morgan fingerprint density at radius 2 is 2.14 bits per heavy atom. The molecule has 5 heteroatoms. The molecular formula is C17H20N2O3. The minimum absolute atomic E-state index is 0.0268. The highest BCUT2D eigenvalue weighted by molar-refractivity contribution is 5.95. The number of ether oxygens (including phenoxy) is 1. The maximum atomic E-state index is 12.5. The van der Waals surface area contributed by atoms with Crippen LogP contribution >= 0.6 is 0 Å². The Labute approximate surface area is 129 Å². The van der Waals surface area contributed by atoms with Gasteiger partial charge in [-0.25, -0.2) is 0 Å². The van der Waals surface area contributed by atoms with Crippen LogP contribution in [0.25, 0.3) is 0 Å². The van der Waals surface area contributed by atoms with Gasteiger partial charge in [-0.3, -0.25) is 4.79 Å². The van der Waals surface area contributed by atoms with Gasteiger partial charge in [0.1, 0.15) is 5.75 Å². The van der Waals surface area contributed by atoms with Gasteiger partial charge in [-0.1, -0.05) is 23.4 Å². The molecule has 2 aliphatic heterocycles. The number of amides is 1. The Morgan fingerprint density at radius 1 is 1.32 bits per heavy atom. The van der Waals surface area contributed by atoms with Gasteiger partial charge < -0.3 is 14.9 Å². The molecule has 5 nitrogen and oxygen atoms in total. The summed E-state index contributed by atoms with van der Waals surface area (Å²) in [6.45, 7) is 2.02. The highest BCUT2D eigenvalue weighted by atomic mass is 16.6. The van der Waals surface area contributed by atoms with Crippen molar-refractivity contribution in [1.29, 1.82) is 0 Å². The molecule has 0 radical (unpaired) electrons. The molecule has 2 heterocycles. The first-order valence-electron chi connectivity index (χ1n) is 7.99. The van der Waals surface area contributed by atoms with Crippen molar-refractivity contribution in [3.63, 3.8) is 0 Å². The second-order valence-corrected chi connectivity index (χ2v) is 6.42. The second-order valence-electron chi connectivity index (χ2n) is 6.42. The Bertz CT molecular complexity index is 624. The molecular weight excluding hydrogens is 280 g/mol. The topological polar surface area (TPSA) is 59.9 Å². The zero-order valence-electron chi connectivity index (χ0n) is 12.6. The lowest BCUT2D eigenvalue weighted by molar-refractivity contribution is -0.132. The molecule has 3 aliphatic rings. The number of oxime groups is 1. The number of fused-ring (bicyclic) bond motifs is 1. The number of para-hydroxylation sites is 1. The Balaban J connectivity index is 1.44. The van der Waals surface area contributed by atoms with Crippen molar-refractivity contribution in [2.24, 2.45) is 11.1 Å². The fourth-order valence-corrected chi connectivity index (χ4v) is 3.19. The summed E-state index contributed by atoms with van der Waals surface area (Å²) in [7, 11) is 0. The van der Waals surface area contributed by atoms with Crippen LogP contribution in [0, 0.1) is 5.92 Å². The Hall–Kier alpha value is -2.04. The third kappa shape index (κ3) is 2.56. The maximum absolute atomic E-state index is 12.5. The van der Waals surface area contributed by atoms with E-state index in [1.807, 2.05) is 31.2 Å². The predicted octanol–water partition coefficient (Wildman–Crippen LogP) is 2.57. The molecule has 1 amide bonds. The summed E-state index contributed by atoms with van der Waals surface area (Å²) in [5, 5.41) is 7.19. The molecule has 1 fully saturated rings. The molecule has 1 aromatic carbocycles. The van der Waals surface area contributed by atoms with Gasteiger partial charge in [0, 0.05) is 24.3 Å². The van der Waals surface area contributed by atoms with Gasteiger partial charge in [-0.15, -0.1) is 0 Å². The van der Waals surface area contributed by atoms with E-state index in [0.29, 0.717) is 12.3 Å². The molecule has 0 bridgehead atoms. The van der Waals surface area contributed by atoms with Gasteiger partial charge in [0.2, 0.25) is 6.10 Å². The standard InChI is InChI=1S/C17H20N2O3/c1-10-8-14(12-4-2-3-5-15(12)21-10)18-17(20)16-9-13(19-22-16)11-6-7-11/h2-5,10-11,14,16H,6-9H2,1H3,(H,18,20)/t10-,14-,16?/m1/s1. The fourth-order valence-electron chi connectivity index (χ4n) is 3.19. The highest BCUT2D eigenvalue weighted by Gasteiger charge is 2.38. The van der Waals surface area contributed by atoms with Gasteiger partial charge >= 0.3 is 0 Å². The van der Waals surface area contributed by atoms with Crippen molar-refractivity contribution in [2.45, 2.75) is 50.9 Å². The van der Waals surface area contributed by atoms with Gasteiger partial charge in [0.25, 0.3) is 5.91 Å². The fraction of sp³-hybridized carbons (Fsp3) is 0.529. The number of carbonyl (C=O) groups excluding carboxylic acids is 1. The van der Waals surface area contributed by atoms with Crippen LogP contribution in [0.3, 0.4) is 0 Å². The molecule has 1 aliphatic carbocycles. The summed E-state index contributed by atoms with van der Waals surface area (Å²) in [5.74, 6) is 1.34. The van der Waals surface area contributed by atoms with Gasteiger partial charge in [-0.2, -0.15) is 0 Å². The Morgan fingerprint density at radius 3 is 2.95 bits per heavy atom. The van der Waals surface area contributed by atoms with Crippen molar-refractivity contribution >= 4 is 11.6 Å². The number of rotatable bonds is 3. The first kappa shape index (κ1) is 13.6. The van der Waals surface area contributed by atoms with E-state index >= 15 is 0 Å². The van der Waals surface area contributed by atoms with E-state index in [1.54, 1.807) is 0 Å².